The Hall–Kier alpha value is 0. The van der Waals surface area contributed by atoms with E-state index in [9.17, 15) is 0 Å². The minimum absolute atomic E-state index is 0.519. The molecular formula is C19H36. The van der Waals surface area contributed by atoms with Gasteiger partial charge in [-0.25, -0.2) is 0 Å². The van der Waals surface area contributed by atoms with Gasteiger partial charge in [-0.2, -0.15) is 0 Å². The summed E-state index contributed by atoms with van der Waals surface area (Å²) in [4.78, 5) is 0. The molecule has 0 radical (unpaired) electrons. The minimum atomic E-state index is 0.519. The summed E-state index contributed by atoms with van der Waals surface area (Å²) in [5, 5.41) is 0. The Morgan fingerprint density at radius 1 is 1.00 bits per heavy atom. The Balaban J connectivity index is 2.24. The highest BCUT2D eigenvalue weighted by atomic mass is 14.6. The smallest absolute Gasteiger partial charge is 0.0292 e. The summed E-state index contributed by atoms with van der Waals surface area (Å²) in [5.41, 5.74) is 1.05. The summed E-state index contributed by atoms with van der Waals surface area (Å²) >= 11 is 0. The standard InChI is InChI=1S/C19H36/c1-9-15-12(2)10-16(13(15)3)17-11-18(5,6)14(4)19(17,7)8/h12-17H,9-11H2,1-8H3. The van der Waals surface area contributed by atoms with E-state index in [4.69, 9.17) is 0 Å². The quantitative estimate of drug-likeness (QED) is 0.572. The van der Waals surface area contributed by atoms with Crippen molar-refractivity contribution in [3.63, 3.8) is 0 Å². The lowest BCUT2D eigenvalue weighted by atomic mass is 9.67. The molecule has 112 valence electrons. The van der Waals surface area contributed by atoms with Crippen molar-refractivity contribution >= 4 is 0 Å². The van der Waals surface area contributed by atoms with Crippen LogP contribution in [0.15, 0.2) is 0 Å². The van der Waals surface area contributed by atoms with E-state index in [0.717, 1.165) is 35.5 Å². The summed E-state index contributed by atoms with van der Waals surface area (Å²) < 4.78 is 0. The van der Waals surface area contributed by atoms with E-state index in [0.29, 0.717) is 10.8 Å². The Bertz CT molecular complexity index is 325. The normalized spacial score (nSPS) is 48.6. The second-order valence-electron chi connectivity index (χ2n) is 9.15. The first kappa shape index (κ1) is 15.4. The molecule has 6 unspecified atom stereocenters. The molecule has 2 rings (SSSR count). The lowest BCUT2D eigenvalue weighted by molar-refractivity contribution is 0.102. The van der Waals surface area contributed by atoms with Crippen LogP contribution in [0.25, 0.3) is 0 Å². The van der Waals surface area contributed by atoms with Crippen molar-refractivity contribution in [1.82, 2.24) is 0 Å². The predicted octanol–water partition coefficient (Wildman–Crippen LogP) is 6.01. The van der Waals surface area contributed by atoms with Gasteiger partial charge in [0.1, 0.15) is 0 Å². The van der Waals surface area contributed by atoms with Gasteiger partial charge in [0.2, 0.25) is 0 Å². The Morgan fingerprint density at radius 2 is 1.58 bits per heavy atom. The lowest BCUT2D eigenvalue weighted by Crippen LogP contribution is -2.32. The molecule has 2 aliphatic rings. The van der Waals surface area contributed by atoms with Gasteiger partial charge in [0.25, 0.3) is 0 Å². The maximum atomic E-state index is 2.55. The zero-order chi connectivity index (χ0) is 14.6. The van der Waals surface area contributed by atoms with E-state index in [1.807, 2.05) is 0 Å². The van der Waals surface area contributed by atoms with Crippen LogP contribution in [0.5, 0.6) is 0 Å². The average Bonchev–Trinajstić information content (AvgIpc) is 2.67. The molecule has 0 heterocycles. The molecule has 0 bridgehead atoms. The molecule has 0 aromatic heterocycles. The highest BCUT2D eigenvalue weighted by Crippen LogP contribution is 2.63. The summed E-state index contributed by atoms with van der Waals surface area (Å²) in [5.74, 6) is 5.60. The zero-order valence-electron chi connectivity index (χ0n) is 14.6. The van der Waals surface area contributed by atoms with Crippen LogP contribution >= 0.6 is 0 Å². The maximum Gasteiger partial charge on any atom is -0.0292 e. The van der Waals surface area contributed by atoms with Crippen LogP contribution in [0, 0.1) is 46.3 Å². The summed E-state index contributed by atoms with van der Waals surface area (Å²) in [6.45, 7) is 20.0. The first-order valence-electron chi connectivity index (χ1n) is 8.63. The molecule has 0 spiro atoms. The van der Waals surface area contributed by atoms with Gasteiger partial charge in [0.05, 0.1) is 0 Å². The van der Waals surface area contributed by atoms with E-state index >= 15 is 0 Å². The molecule has 0 aromatic rings. The van der Waals surface area contributed by atoms with Crippen molar-refractivity contribution in [3.05, 3.63) is 0 Å². The molecule has 0 aliphatic heterocycles. The number of hydrogen-bond acceptors (Lipinski definition) is 0. The van der Waals surface area contributed by atoms with Gasteiger partial charge >= 0.3 is 0 Å². The van der Waals surface area contributed by atoms with Crippen LogP contribution in [-0.4, -0.2) is 0 Å². The summed E-state index contributed by atoms with van der Waals surface area (Å²) in [6.07, 6.45) is 4.31. The second kappa shape index (κ2) is 4.78. The third kappa shape index (κ3) is 2.28. The highest BCUT2D eigenvalue weighted by molar-refractivity contribution is 5.04. The second-order valence-corrected chi connectivity index (χ2v) is 9.15. The van der Waals surface area contributed by atoms with Crippen LogP contribution in [0.4, 0.5) is 0 Å². The van der Waals surface area contributed by atoms with Crippen LogP contribution in [0.3, 0.4) is 0 Å². The van der Waals surface area contributed by atoms with Gasteiger partial charge in [0, 0.05) is 0 Å². The van der Waals surface area contributed by atoms with E-state index in [1.54, 1.807) is 0 Å². The lowest BCUT2D eigenvalue weighted by Gasteiger charge is -2.38. The summed E-state index contributed by atoms with van der Waals surface area (Å²) in [7, 11) is 0. The number of rotatable bonds is 2. The maximum absolute atomic E-state index is 2.55. The predicted molar refractivity (Wildman–Crippen MR) is 85.0 cm³/mol. The first-order chi connectivity index (χ1) is 8.63. The SMILES string of the molecule is CCC1C(C)CC(C2CC(C)(C)C(C)C2(C)C)C1C. The van der Waals surface area contributed by atoms with Gasteiger partial charge in [-0.3, -0.25) is 0 Å². The van der Waals surface area contributed by atoms with Crippen molar-refractivity contribution < 1.29 is 0 Å². The molecule has 6 atom stereocenters. The van der Waals surface area contributed by atoms with Crippen molar-refractivity contribution in [2.45, 2.75) is 74.7 Å². The van der Waals surface area contributed by atoms with Crippen LogP contribution in [0.2, 0.25) is 0 Å². The fraction of sp³-hybridized carbons (Fsp3) is 1.00. The molecule has 0 nitrogen and oxygen atoms in total. The van der Waals surface area contributed by atoms with E-state index in [1.165, 1.54) is 19.3 Å². The fourth-order valence-corrected chi connectivity index (χ4v) is 6.00. The van der Waals surface area contributed by atoms with Gasteiger partial charge in [0.15, 0.2) is 0 Å². The van der Waals surface area contributed by atoms with Gasteiger partial charge in [-0.15, -0.1) is 0 Å². The number of hydrogen-bond donors (Lipinski definition) is 0. The van der Waals surface area contributed by atoms with Crippen LogP contribution in [0.1, 0.15) is 74.7 Å². The molecule has 0 saturated heterocycles. The molecule has 0 amide bonds. The fourth-order valence-electron chi connectivity index (χ4n) is 6.00. The largest absolute Gasteiger partial charge is 0.0651 e. The van der Waals surface area contributed by atoms with Crippen LogP contribution in [-0.2, 0) is 0 Å². The molecular weight excluding hydrogens is 228 g/mol. The molecule has 2 saturated carbocycles. The van der Waals surface area contributed by atoms with Crippen molar-refractivity contribution in [2.75, 3.05) is 0 Å². The van der Waals surface area contributed by atoms with Crippen molar-refractivity contribution in [2.24, 2.45) is 46.3 Å². The van der Waals surface area contributed by atoms with Gasteiger partial charge in [-0.1, -0.05) is 61.8 Å². The zero-order valence-corrected chi connectivity index (χ0v) is 14.6. The molecule has 0 N–H and O–H groups in total. The van der Waals surface area contributed by atoms with Crippen LogP contribution < -0.4 is 0 Å². The summed E-state index contributed by atoms with van der Waals surface area (Å²) in [6, 6.07) is 0. The Morgan fingerprint density at radius 3 is 1.95 bits per heavy atom. The van der Waals surface area contributed by atoms with Gasteiger partial charge in [-0.05, 0) is 59.2 Å². The monoisotopic (exact) mass is 264 g/mol. The van der Waals surface area contributed by atoms with Crippen molar-refractivity contribution in [3.8, 4) is 0 Å². The molecule has 19 heavy (non-hydrogen) atoms. The molecule has 2 aliphatic carbocycles. The first-order valence-corrected chi connectivity index (χ1v) is 8.63. The molecule has 2 fully saturated rings. The molecule has 0 aromatic carbocycles. The Kier molecular flexibility index (Phi) is 3.87. The van der Waals surface area contributed by atoms with Crippen molar-refractivity contribution in [1.29, 1.82) is 0 Å². The van der Waals surface area contributed by atoms with E-state index in [2.05, 4.69) is 55.4 Å². The third-order valence-electron chi connectivity index (χ3n) is 7.70. The highest BCUT2D eigenvalue weighted by Gasteiger charge is 2.55. The average molecular weight is 264 g/mol. The topological polar surface area (TPSA) is 0 Å². The Labute approximate surface area is 121 Å². The van der Waals surface area contributed by atoms with E-state index in [-0.39, 0.29) is 0 Å². The van der Waals surface area contributed by atoms with Gasteiger partial charge < -0.3 is 0 Å². The van der Waals surface area contributed by atoms with E-state index < -0.39 is 0 Å². The third-order valence-corrected chi connectivity index (χ3v) is 7.70. The molecule has 0 heteroatoms. The minimum Gasteiger partial charge on any atom is -0.0651 e.